The first-order chi connectivity index (χ1) is 13.4. The highest BCUT2D eigenvalue weighted by atomic mass is 32.2. The van der Waals surface area contributed by atoms with Crippen LogP contribution in [0.4, 0.5) is 0 Å². The summed E-state index contributed by atoms with van der Waals surface area (Å²) in [6.45, 7) is 4.51. The molecule has 0 aliphatic carbocycles. The second-order valence-electron chi connectivity index (χ2n) is 7.21. The molecule has 1 N–H and O–H groups in total. The van der Waals surface area contributed by atoms with Crippen molar-refractivity contribution < 1.29 is 17.7 Å². The van der Waals surface area contributed by atoms with Gasteiger partial charge >= 0.3 is 0 Å². The number of sulfonamides is 1. The minimum absolute atomic E-state index is 0.0162. The molecule has 1 aliphatic rings. The maximum Gasteiger partial charge on any atom is 0.248 e. The average Bonchev–Trinajstić information content (AvgIpc) is 3.05. The number of carbonyl (C=O) groups is 1. The van der Waals surface area contributed by atoms with Crippen LogP contribution in [0.15, 0.2) is 39.8 Å². The molecule has 0 spiro atoms. The van der Waals surface area contributed by atoms with E-state index in [2.05, 4.69) is 22.6 Å². The Morgan fingerprint density at radius 2 is 1.89 bits per heavy atom. The zero-order valence-corrected chi connectivity index (χ0v) is 17.2. The smallest absolute Gasteiger partial charge is 0.248 e. The fourth-order valence-corrected chi connectivity index (χ4v) is 5.38. The molecule has 28 heavy (non-hydrogen) atoms. The number of hydrogen-bond acceptors (Lipinski definition) is 5. The van der Waals surface area contributed by atoms with Crippen molar-refractivity contribution in [2.75, 3.05) is 19.6 Å². The number of hydrogen-bond donors (Lipinski definition) is 1. The van der Waals surface area contributed by atoms with E-state index in [1.54, 1.807) is 13.8 Å². The molecule has 1 aliphatic heterocycles. The third kappa shape index (κ3) is 4.62. The normalized spacial score (nSPS) is 16.2. The molecule has 1 aromatic carbocycles. The van der Waals surface area contributed by atoms with Crippen LogP contribution >= 0.6 is 0 Å². The number of piperidine rings is 1. The molecule has 0 unspecified atom stereocenters. The van der Waals surface area contributed by atoms with E-state index in [9.17, 15) is 13.2 Å². The molecule has 0 radical (unpaired) electrons. The fraction of sp³-hybridized carbons (Fsp3) is 0.500. The largest absolute Gasteiger partial charge is 0.360 e. The van der Waals surface area contributed by atoms with Crippen LogP contribution in [0.1, 0.15) is 36.3 Å². The molecule has 2 aromatic rings. The Bertz CT molecular complexity index is 881. The van der Waals surface area contributed by atoms with Gasteiger partial charge in [0.15, 0.2) is 5.76 Å². The van der Waals surface area contributed by atoms with Crippen molar-refractivity contribution in [3.8, 4) is 0 Å². The summed E-state index contributed by atoms with van der Waals surface area (Å²) in [5, 5.41) is 6.73. The number of amides is 1. The summed E-state index contributed by atoms with van der Waals surface area (Å²) >= 11 is 0. The van der Waals surface area contributed by atoms with Crippen LogP contribution in [0.5, 0.6) is 0 Å². The van der Waals surface area contributed by atoms with Crippen molar-refractivity contribution in [2.45, 2.75) is 44.4 Å². The molecule has 0 atom stereocenters. The Kier molecular flexibility index (Phi) is 6.51. The van der Waals surface area contributed by atoms with Crippen molar-refractivity contribution in [1.29, 1.82) is 0 Å². The van der Waals surface area contributed by atoms with Gasteiger partial charge in [-0.05, 0) is 45.1 Å². The lowest BCUT2D eigenvalue weighted by molar-refractivity contribution is -0.126. The number of nitrogens with zero attached hydrogens (tertiary/aromatic N) is 2. The van der Waals surface area contributed by atoms with Crippen molar-refractivity contribution in [3.63, 3.8) is 0 Å². The first-order valence-corrected chi connectivity index (χ1v) is 11.1. The van der Waals surface area contributed by atoms with Crippen molar-refractivity contribution in [2.24, 2.45) is 5.92 Å². The van der Waals surface area contributed by atoms with Gasteiger partial charge in [-0.3, -0.25) is 4.79 Å². The lowest BCUT2D eigenvalue weighted by Gasteiger charge is -2.30. The van der Waals surface area contributed by atoms with Gasteiger partial charge < -0.3 is 9.84 Å². The van der Waals surface area contributed by atoms with Crippen LogP contribution < -0.4 is 5.32 Å². The van der Waals surface area contributed by atoms with E-state index in [0.29, 0.717) is 43.9 Å². The summed E-state index contributed by atoms with van der Waals surface area (Å²) in [7, 11) is -3.64. The van der Waals surface area contributed by atoms with Gasteiger partial charge in [0.1, 0.15) is 10.6 Å². The zero-order valence-electron chi connectivity index (χ0n) is 16.3. The van der Waals surface area contributed by atoms with E-state index in [1.165, 1.54) is 9.87 Å². The lowest BCUT2D eigenvalue weighted by Crippen LogP contribution is -2.43. The highest BCUT2D eigenvalue weighted by Crippen LogP contribution is 2.27. The molecule has 152 valence electrons. The summed E-state index contributed by atoms with van der Waals surface area (Å²) in [6, 6.07) is 10.2. The highest BCUT2D eigenvalue weighted by molar-refractivity contribution is 7.89. The third-order valence-corrected chi connectivity index (χ3v) is 7.32. The highest BCUT2D eigenvalue weighted by Gasteiger charge is 2.35. The van der Waals surface area contributed by atoms with Crippen LogP contribution in [0, 0.1) is 19.8 Å². The van der Waals surface area contributed by atoms with E-state index < -0.39 is 10.0 Å². The minimum Gasteiger partial charge on any atom is -0.360 e. The second kappa shape index (κ2) is 8.87. The van der Waals surface area contributed by atoms with Crippen molar-refractivity contribution >= 4 is 15.9 Å². The van der Waals surface area contributed by atoms with Crippen LogP contribution in [0.25, 0.3) is 0 Å². The van der Waals surface area contributed by atoms with Gasteiger partial charge in [0.05, 0.1) is 0 Å². The zero-order chi connectivity index (χ0) is 20.1. The Morgan fingerprint density at radius 3 is 2.50 bits per heavy atom. The molecule has 0 saturated carbocycles. The Balaban J connectivity index is 1.46. The van der Waals surface area contributed by atoms with E-state index in [0.717, 1.165) is 12.8 Å². The minimum atomic E-state index is -3.64. The van der Waals surface area contributed by atoms with Crippen LogP contribution in [-0.2, 0) is 21.2 Å². The molecule has 2 heterocycles. The van der Waals surface area contributed by atoms with Crippen molar-refractivity contribution in [3.05, 3.63) is 47.3 Å². The molecule has 1 amide bonds. The van der Waals surface area contributed by atoms with E-state index >= 15 is 0 Å². The monoisotopic (exact) mass is 405 g/mol. The fourth-order valence-electron chi connectivity index (χ4n) is 3.62. The molecule has 3 rings (SSSR count). The predicted octanol–water partition coefficient (Wildman–Crippen LogP) is 2.44. The first-order valence-electron chi connectivity index (χ1n) is 9.64. The molecule has 7 nitrogen and oxygen atoms in total. The maximum absolute atomic E-state index is 12.8. The summed E-state index contributed by atoms with van der Waals surface area (Å²) in [5.74, 6) is 0.172. The number of benzene rings is 1. The number of rotatable bonds is 7. The predicted molar refractivity (Wildman–Crippen MR) is 105 cm³/mol. The third-order valence-electron chi connectivity index (χ3n) is 5.17. The van der Waals surface area contributed by atoms with Gasteiger partial charge in [0, 0.05) is 25.6 Å². The molecule has 8 heteroatoms. The first kappa shape index (κ1) is 20.5. The summed E-state index contributed by atoms with van der Waals surface area (Å²) in [5.41, 5.74) is 1.63. The SMILES string of the molecule is Cc1noc(C)c1S(=O)(=O)N1CCC(C(=O)NCCCc2ccccc2)CC1. The maximum atomic E-state index is 12.8. The second-order valence-corrected chi connectivity index (χ2v) is 9.09. The van der Waals surface area contributed by atoms with Gasteiger partial charge in [0.2, 0.25) is 15.9 Å². The van der Waals surface area contributed by atoms with Crippen LogP contribution in [0.3, 0.4) is 0 Å². The number of nitrogens with one attached hydrogen (secondary N) is 1. The summed E-state index contributed by atoms with van der Waals surface area (Å²) in [6.07, 6.45) is 2.85. The Labute approximate surface area is 166 Å². The summed E-state index contributed by atoms with van der Waals surface area (Å²) < 4.78 is 32.1. The Hall–Kier alpha value is -2.19. The molecule has 0 bridgehead atoms. The van der Waals surface area contributed by atoms with E-state index in [-0.39, 0.29) is 16.7 Å². The van der Waals surface area contributed by atoms with Gasteiger partial charge in [-0.1, -0.05) is 35.5 Å². The molecule has 1 saturated heterocycles. The quantitative estimate of drug-likeness (QED) is 0.714. The average molecular weight is 406 g/mol. The van der Waals surface area contributed by atoms with Gasteiger partial charge in [-0.25, -0.2) is 8.42 Å². The van der Waals surface area contributed by atoms with Crippen LogP contribution in [0.2, 0.25) is 0 Å². The topological polar surface area (TPSA) is 92.5 Å². The van der Waals surface area contributed by atoms with E-state index in [1.807, 2.05) is 18.2 Å². The standard InChI is InChI=1S/C20H27N3O4S/c1-15-19(16(2)27-22-15)28(25,26)23-13-10-18(11-14-23)20(24)21-12-6-9-17-7-4-3-5-8-17/h3-5,7-8,18H,6,9-14H2,1-2H3,(H,21,24). The Morgan fingerprint density at radius 1 is 1.21 bits per heavy atom. The van der Waals surface area contributed by atoms with Gasteiger partial charge in [-0.2, -0.15) is 4.31 Å². The number of aryl methyl sites for hydroxylation is 3. The van der Waals surface area contributed by atoms with Crippen molar-refractivity contribution in [1.82, 2.24) is 14.8 Å². The molecular weight excluding hydrogens is 378 g/mol. The number of carbonyl (C=O) groups excluding carboxylic acids is 1. The lowest BCUT2D eigenvalue weighted by atomic mass is 9.97. The van der Waals surface area contributed by atoms with Gasteiger partial charge in [-0.15, -0.1) is 0 Å². The van der Waals surface area contributed by atoms with Gasteiger partial charge in [0.25, 0.3) is 0 Å². The van der Waals surface area contributed by atoms with Crippen LogP contribution in [-0.4, -0.2) is 43.4 Å². The van der Waals surface area contributed by atoms with E-state index in [4.69, 9.17) is 4.52 Å². The molecule has 1 fully saturated rings. The molecule has 1 aromatic heterocycles. The number of aromatic nitrogens is 1. The molecular formula is C20H27N3O4S. The summed E-state index contributed by atoms with van der Waals surface area (Å²) in [4.78, 5) is 12.5.